The highest BCUT2D eigenvalue weighted by Gasteiger charge is 2.17. The smallest absolute Gasteiger partial charge is 0.161 e. The van der Waals surface area contributed by atoms with Crippen molar-refractivity contribution in [3.63, 3.8) is 0 Å². The molecule has 2 aromatic carbocycles. The number of ketones is 1. The number of benzene rings is 2. The lowest BCUT2D eigenvalue weighted by Crippen LogP contribution is -2.01. The van der Waals surface area contributed by atoms with Crippen LogP contribution in [0.1, 0.15) is 23.0 Å². The van der Waals surface area contributed by atoms with E-state index in [0.29, 0.717) is 15.6 Å². The minimum absolute atomic E-state index is 0.0467. The van der Waals surface area contributed by atoms with Gasteiger partial charge in [0.2, 0.25) is 0 Å². The van der Waals surface area contributed by atoms with Gasteiger partial charge in [0.15, 0.2) is 5.78 Å². The zero-order valence-corrected chi connectivity index (χ0v) is 14.3. The quantitative estimate of drug-likeness (QED) is 0.537. The molecule has 2 nitrogen and oxygen atoms in total. The first-order valence-electron chi connectivity index (χ1n) is 7.22. The van der Waals surface area contributed by atoms with Gasteiger partial charge in [0.25, 0.3) is 0 Å². The number of halogens is 2. The van der Waals surface area contributed by atoms with Crippen molar-refractivity contribution in [2.45, 2.75) is 13.8 Å². The van der Waals surface area contributed by atoms with Crippen LogP contribution in [-0.2, 0) is 0 Å². The molecule has 23 heavy (non-hydrogen) atoms. The Bertz CT molecular complexity index is 862. The number of rotatable bonds is 3. The molecular formula is C19H15Cl2NO. The standard InChI is InChI=1S/C19H15Cl2NO/c1-12-18(13(2)23)11-19(14-3-5-15(20)6-4-14)22(12)17-9-7-16(21)8-10-17/h3-11H,1-2H3. The molecule has 0 aliphatic heterocycles. The first-order chi connectivity index (χ1) is 11.0. The van der Waals surface area contributed by atoms with E-state index < -0.39 is 0 Å². The van der Waals surface area contributed by atoms with E-state index in [1.165, 1.54) is 0 Å². The Morgan fingerprint density at radius 1 is 0.913 bits per heavy atom. The van der Waals surface area contributed by atoms with Gasteiger partial charge in [-0.2, -0.15) is 0 Å². The van der Waals surface area contributed by atoms with Crippen LogP contribution in [0.15, 0.2) is 54.6 Å². The molecule has 0 bridgehead atoms. The fourth-order valence-corrected chi connectivity index (χ4v) is 2.97. The monoisotopic (exact) mass is 343 g/mol. The molecule has 0 saturated heterocycles. The van der Waals surface area contributed by atoms with Gasteiger partial charge in [-0.25, -0.2) is 0 Å². The van der Waals surface area contributed by atoms with Crippen molar-refractivity contribution in [3.05, 3.63) is 75.9 Å². The third kappa shape index (κ3) is 3.05. The predicted octanol–water partition coefficient (Wildman–Crippen LogP) is 5.96. The minimum Gasteiger partial charge on any atom is -0.313 e. The second-order valence-electron chi connectivity index (χ2n) is 5.40. The first-order valence-corrected chi connectivity index (χ1v) is 7.98. The zero-order valence-electron chi connectivity index (χ0n) is 12.8. The summed E-state index contributed by atoms with van der Waals surface area (Å²) >= 11 is 12.0. The molecule has 3 rings (SSSR count). The summed E-state index contributed by atoms with van der Waals surface area (Å²) in [6, 6.07) is 17.1. The van der Waals surface area contributed by atoms with Gasteiger partial charge in [-0.05, 0) is 61.9 Å². The number of Topliss-reactive ketones (excluding diaryl/α,β-unsaturated/α-hetero) is 1. The maximum Gasteiger partial charge on any atom is 0.161 e. The third-order valence-corrected chi connectivity index (χ3v) is 4.36. The molecule has 0 spiro atoms. The zero-order chi connectivity index (χ0) is 16.6. The average Bonchev–Trinajstić information content (AvgIpc) is 2.87. The van der Waals surface area contributed by atoms with Crippen molar-refractivity contribution in [3.8, 4) is 16.9 Å². The lowest BCUT2D eigenvalue weighted by atomic mass is 10.1. The minimum atomic E-state index is 0.0467. The van der Waals surface area contributed by atoms with Crippen LogP contribution in [0.5, 0.6) is 0 Å². The molecule has 0 atom stereocenters. The largest absolute Gasteiger partial charge is 0.313 e. The van der Waals surface area contributed by atoms with Crippen LogP contribution < -0.4 is 0 Å². The van der Waals surface area contributed by atoms with Crippen LogP contribution in [0.25, 0.3) is 16.9 Å². The number of hydrogen-bond acceptors (Lipinski definition) is 1. The Labute approximate surface area is 145 Å². The summed E-state index contributed by atoms with van der Waals surface area (Å²) in [5.74, 6) is 0.0467. The fourth-order valence-electron chi connectivity index (χ4n) is 2.72. The molecule has 1 heterocycles. The molecule has 0 N–H and O–H groups in total. The topological polar surface area (TPSA) is 22.0 Å². The Hall–Kier alpha value is -2.03. The van der Waals surface area contributed by atoms with Gasteiger partial charge in [0, 0.05) is 27.0 Å². The molecule has 0 unspecified atom stereocenters. The maximum absolute atomic E-state index is 11.9. The van der Waals surface area contributed by atoms with E-state index in [-0.39, 0.29) is 5.78 Å². The molecule has 4 heteroatoms. The van der Waals surface area contributed by atoms with Crippen molar-refractivity contribution in [1.29, 1.82) is 0 Å². The molecule has 0 saturated carbocycles. The normalized spacial score (nSPS) is 10.8. The van der Waals surface area contributed by atoms with Gasteiger partial charge >= 0.3 is 0 Å². The molecule has 0 radical (unpaired) electrons. The summed E-state index contributed by atoms with van der Waals surface area (Å²) in [5, 5.41) is 1.36. The van der Waals surface area contributed by atoms with Gasteiger partial charge in [-0.1, -0.05) is 35.3 Å². The summed E-state index contributed by atoms with van der Waals surface area (Å²) in [4.78, 5) is 11.9. The van der Waals surface area contributed by atoms with E-state index >= 15 is 0 Å². The number of nitrogens with zero attached hydrogens (tertiary/aromatic N) is 1. The van der Waals surface area contributed by atoms with Crippen LogP contribution >= 0.6 is 23.2 Å². The predicted molar refractivity (Wildman–Crippen MR) is 96.0 cm³/mol. The van der Waals surface area contributed by atoms with Crippen molar-refractivity contribution >= 4 is 29.0 Å². The summed E-state index contributed by atoms with van der Waals surface area (Å²) in [5.41, 5.74) is 4.53. The van der Waals surface area contributed by atoms with Crippen LogP contribution in [0, 0.1) is 6.92 Å². The van der Waals surface area contributed by atoms with Gasteiger partial charge in [0.1, 0.15) is 0 Å². The van der Waals surface area contributed by atoms with Crippen LogP contribution in [-0.4, -0.2) is 10.4 Å². The number of hydrogen-bond donors (Lipinski definition) is 0. The van der Waals surface area contributed by atoms with Gasteiger partial charge in [0.05, 0.1) is 5.69 Å². The summed E-state index contributed by atoms with van der Waals surface area (Å²) in [6.45, 7) is 3.53. The Kier molecular flexibility index (Phi) is 4.29. The Morgan fingerprint density at radius 2 is 1.43 bits per heavy atom. The molecule has 0 aliphatic carbocycles. The Balaban J connectivity index is 2.25. The molecular weight excluding hydrogens is 329 g/mol. The highest BCUT2D eigenvalue weighted by atomic mass is 35.5. The fraction of sp³-hybridized carbons (Fsp3) is 0.105. The van der Waals surface area contributed by atoms with Gasteiger partial charge < -0.3 is 4.57 Å². The lowest BCUT2D eigenvalue weighted by molar-refractivity contribution is 0.101. The SMILES string of the molecule is CC(=O)c1cc(-c2ccc(Cl)cc2)n(-c2ccc(Cl)cc2)c1C. The van der Waals surface area contributed by atoms with Crippen molar-refractivity contribution in [2.24, 2.45) is 0 Å². The highest BCUT2D eigenvalue weighted by molar-refractivity contribution is 6.30. The molecule has 0 fully saturated rings. The first kappa shape index (κ1) is 15.9. The van der Waals surface area contributed by atoms with E-state index in [2.05, 4.69) is 4.57 Å². The highest BCUT2D eigenvalue weighted by Crippen LogP contribution is 2.31. The molecule has 0 aliphatic rings. The van der Waals surface area contributed by atoms with Crippen LogP contribution in [0.4, 0.5) is 0 Å². The summed E-state index contributed by atoms with van der Waals surface area (Å²) in [7, 11) is 0. The van der Waals surface area contributed by atoms with Gasteiger partial charge in [-0.15, -0.1) is 0 Å². The number of aromatic nitrogens is 1. The van der Waals surface area contributed by atoms with Crippen molar-refractivity contribution in [2.75, 3.05) is 0 Å². The van der Waals surface area contributed by atoms with Gasteiger partial charge in [-0.3, -0.25) is 4.79 Å². The van der Waals surface area contributed by atoms with E-state index in [1.54, 1.807) is 6.92 Å². The van der Waals surface area contributed by atoms with E-state index in [1.807, 2.05) is 61.5 Å². The van der Waals surface area contributed by atoms with E-state index in [9.17, 15) is 4.79 Å². The van der Waals surface area contributed by atoms with E-state index in [4.69, 9.17) is 23.2 Å². The van der Waals surface area contributed by atoms with Crippen molar-refractivity contribution in [1.82, 2.24) is 4.57 Å². The Morgan fingerprint density at radius 3 is 1.96 bits per heavy atom. The molecule has 1 aromatic heterocycles. The lowest BCUT2D eigenvalue weighted by Gasteiger charge is -2.12. The molecule has 3 aromatic rings. The second-order valence-corrected chi connectivity index (χ2v) is 6.28. The van der Waals surface area contributed by atoms with Crippen LogP contribution in [0.3, 0.4) is 0 Å². The summed E-state index contributed by atoms with van der Waals surface area (Å²) < 4.78 is 2.07. The maximum atomic E-state index is 11.9. The van der Waals surface area contributed by atoms with Crippen molar-refractivity contribution < 1.29 is 4.79 Å². The molecule has 0 amide bonds. The van der Waals surface area contributed by atoms with Crippen LogP contribution in [0.2, 0.25) is 10.0 Å². The second kappa shape index (κ2) is 6.23. The molecule has 116 valence electrons. The third-order valence-electron chi connectivity index (χ3n) is 3.85. The number of carbonyl (C=O) groups excluding carboxylic acids is 1. The average molecular weight is 344 g/mol. The summed E-state index contributed by atoms with van der Waals surface area (Å²) in [6.07, 6.45) is 0. The number of carbonyl (C=O) groups is 1. The van der Waals surface area contributed by atoms with E-state index in [0.717, 1.165) is 22.6 Å².